The molecule has 0 aliphatic heterocycles. The van der Waals surface area contributed by atoms with Crippen LogP contribution in [-0.2, 0) is 20.8 Å². The zero-order valence-electron chi connectivity index (χ0n) is 17.6. The standard InChI is InChI=1S/C24H23NO6/c1-4-29-24(27)22-15(2)25(13-16-8-7-11-30-16)23-18-10-6-5-9-17(18)20(12-19(22)23)31-14-21(26)28-3/h5-12H,4,13-14H2,1-3H3. The van der Waals surface area contributed by atoms with Crippen molar-refractivity contribution < 1.29 is 28.2 Å². The van der Waals surface area contributed by atoms with E-state index >= 15 is 0 Å². The van der Waals surface area contributed by atoms with Crippen molar-refractivity contribution in [1.29, 1.82) is 0 Å². The first-order valence-corrected chi connectivity index (χ1v) is 9.98. The van der Waals surface area contributed by atoms with E-state index in [1.165, 1.54) is 7.11 Å². The first-order valence-electron chi connectivity index (χ1n) is 9.98. The molecule has 2 aromatic heterocycles. The van der Waals surface area contributed by atoms with Crippen LogP contribution in [0.3, 0.4) is 0 Å². The van der Waals surface area contributed by atoms with E-state index in [-0.39, 0.29) is 13.2 Å². The maximum absolute atomic E-state index is 12.9. The number of nitrogens with zero attached hydrogens (tertiary/aromatic N) is 1. The van der Waals surface area contributed by atoms with Crippen molar-refractivity contribution in [2.75, 3.05) is 20.3 Å². The smallest absolute Gasteiger partial charge is 0.343 e. The third kappa shape index (κ3) is 3.74. The molecule has 2 heterocycles. The molecule has 160 valence electrons. The molecule has 0 fully saturated rings. The largest absolute Gasteiger partial charge is 0.481 e. The Morgan fingerprint density at radius 2 is 1.84 bits per heavy atom. The quantitative estimate of drug-likeness (QED) is 0.410. The Labute approximate surface area is 179 Å². The van der Waals surface area contributed by atoms with Crippen LogP contribution in [-0.4, -0.2) is 36.8 Å². The molecule has 0 saturated carbocycles. The summed E-state index contributed by atoms with van der Waals surface area (Å²) in [7, 11) is 1.31. The Balaban J connectivity index is 2.00. The van der Waals surface area contributed by atoms with Crippen molar-refractivity contribution >= 4 is 33.6 Å². The highest BCUT2D eigenvalue weighted by Gasteiger charge is 2.25. The summed E-state index contributed by atoms with van der Waals surface area (Å²) in [6, 6.07) is 13.2. The average molecular weight is 421 g/mol. The van der Waals surface area contributed by atoms with Gasteiger partial charge in [0.25, 0.3) is 0 Å². The summed E-state index contributed by atoms with van der Waals surface area (Å²) in [5, 5.41) is 2.42. The second-order valence-corrected chi connectivity index (χ2v) is 7.03. The lowest BCUT2D eigenvalue weighted by Gasteiger charge is -2.12. The molecule has 7 heteroatoms. The van der Waals surface area contributed by atoms with E-state index in [9.17, 15) is 9.59 Å². The van der Waals surface area contributed by atoms with Gasteiger partial charge in [-0.2, -0.15) is 0 Å². The lowest BCUT2D eigenvalue weighted by atomic mass is 10.0. The van der Waals surface area contributed by atoms with Gasteiger partial charge in [0.2, 0.25) is 0 Å². The van der Waals surface area contributed by atoms with E-state index in [0.717, 1.165) is 27.7 Å². The molecule has 0 spiro atoms. The van der Waals surface area contributed by atoms with Crippen LogP contribution in [0.5, 0.6) is 5.75 Å². The lowest BCUT2D eigenvalue weighted by Crippen LogP contribution is -2.12. The molecule has 31 heavy (non-hydrogen) atoms. The van der Waals surface area contributed by atoms with Gasteiger partial charge in [0, 0.05) is 21.9 Å². The second kappa shape index (κ2) is 8.55. The molecule has 0 radical (unpaired) electrons. The minimum Gasteiger partial charge on any atom is -0.481 e. The molecule has 7 nitrogen and oxygen atoms in total. The summed E-state index contributed by atoms with van der Waals surface area (Å²) in [5.41, 5.74) is 2.11. The van der Waals surface area contributed by atoms with Crippen molar-refractivity contribution in [2.45, 2.75) is 20.4 Å². The van der Waals surface area contributed by atoms with Gasteiger partial charge in [-0.15, -0.1) is 0 Å². The van der Waals surface area contributed by atoms with Crippen LogP contribution in [0.1, 0.15) is 28.7 Å². The van der Waals surface area contributed by atoms with Crippen molar-refractivity contribution in [1.82, 2.24) is 4.57 Å². The summed E-state index contributed by atoms with van der Waals surface area (Å²) in [4.78, 5) is 24.5. The van der Waals surface area contributed by atoms with Crippen LogP contribution in [0.25, 0.3) is 21.7 Å². The minimum absolute atomic E-state index is 0.229. The van der Waals surface area contributed by atoms with Gasteiger partial charge in [-0.25, -0.2) is 9.59 Å². The SMILES string of the molecule is CCOC(=O)c1c(C)n(Cc2ccco2)c2c1cc(OCC(=O)OC)c1ccccc12. The zero-order chi connectivity index (χ0) is 22.0. The highest BCUT2D eigenvalue weighted by atomic mass is 16.6. The summed E-state index contributed by atoms with van der Waals surface area (Å²) in [6.45, 7) is 4.16. The molecule has 4 aromatic rings. The van der Waals surface area contributed by atoms with E-state index in [0.29, 0.717) is 23.2 Å². The topological polar surface area (TPSA) is 79.9 Å². The molecule has 0 bridgehead atoms. The molecule has 0 atom stereocenters. The van der Waals surface area contributed by atoms with Crippen LogP contribution < -0.4 is 4.74 Å². The second-order valence-electron chi connectivity index (χ2n) is 7.03. The molecule has 4 rings (SSSR count). The number of hydrogen-bond acceptors (Lipinski definition) is 6. The maximum atomic E-state index is 12.9. The number of rotatable bonds is 7. The Bertz CT molecular complexity index is 1250. The normalized spacial score (nSPS) is 11.1. The monoisotopic (exact) mass is 421 g/mol. The van der Waals surface area contributed by atoms with Crippen molar-refractivity contribution in [2.24, 2.45) is 0 Å². The molecular weight excluding hydrogens is 398 g/mol. The number of aromatic nitrogens is 1. The number of benzene rings is 2. The van der Waals surface area contributed by atoms with Crippen LogP contribution >= 0.6 is 0 Å². The summed E-state index contributed by atoms with van der Waals surface area (Å²) < 4.78 is 23.4. The number of methoxy groups -OCH3 is 1. The average Bonchev–Trinajstić information content (AvgIpc) is 3.38. The minimum atomic E-state index is -0.485. The highest BCUT2D eigenvalue weighted by molar-refractivity contribution is 6.16. The Hall–Kier alpha value is -3.74. The lowest BCUT2D eigenvalue weighted by molar-refractivity contribution is -0.142. The van der Waals surface area contributed by atoms with Gasteiger partial charge < -0.3 is 23.2 Å². The first-order chi connectivity index (χ1) is 15.0. The fourth-order valence-electron chi connectivity index (χ4n) is 3.84. The first kappa shape index (κ1) is 20.5. The van der Waals surface area contributed by atoms with Gasteiger partial charge in [-0.1, -0.05) is 24.3 Å². The molecule has 0 unspecified atom stereocenters. The van der Waals surface area contributed by atoms with Gasteiger partial charge in [-0.05, 0) is 32.0 Å². The Kier molecular flexibility index (Phi) is 5.66. The van der Waals surface area contributed by atoms with Crippen LogP contribution in [0.4, 0.5) is 0 Å². The van der Waals surface area contributed by atoms with E-state index < -0.39 is 11.9 Å². The van der Waals surface area contributed by atoms with Gasteiger partial charge in [0.15, 0.2) is 6.61 Å². The fraction of sp³-hybridized carbons (Fsp3) is 0.250. The van der Waals surface area contributed by atoms with Crippen molar-refractivity contribution in [3.8, 4) is 5.75 Å². The molecule has 0 aliphatic carbocycles. The number of ether oxygens (including phenoxy) is 3. The molecule has 0 aliphatic rings. The van der Waals surface area contributed by atoms with Crippen LogP contribution in [0, 0.1) is 6.92 Å². The van der Waals surface area contributed by atoms with Gasteiger partial charge >= 0.3 is 11.9 Å². The fourth-order valence-corrected chi connectivity index (χ4v) is 3.84. The molecule has 2 aromatic carbocycles. The third-order valence-electron chi connectivity index (χ3n) is 5.23. The molecular formula is C24H23NO6. The van der Waals surface area contributed by atoms with Crippen LogP contribution in [0.2, 0.25) is 0 Å². The van der Waals surface area contributed by atoms with Gasteiger partial charge in [-0.3, -0.25) is 0 Å². The molecule has 0 N–H and O–H groups in total. The number of esters is 2. The van der Waals surface area contributed by atoms with Gasteiger partial charge in [0.05, 0.1) is 37.6 Å². The Morgan fingerprint density at radius 1 is 1.06 bits per heavy atom. The maximum Gasteiger partial charge on any atom is 0.343 e. The summed E-state index contributed by atoms with van der Waals surface area (Å²) in [6.07, 6.45) is 1.62. The molecule has 0 saturated heterocycles. The summed E-state index contributed by atoms with van der Waals surface area (Å²) in [5.74, 6) is 0.374. The Morgan fingerprint density at radius 3 is 2.52 bits per heavy atom. The van der Waals surface area contributed by atoms with E-state index in [1.807, 2.05) is 47.9 Å². The molecule has 0 amide bonds. The number of carbonyl (C=O) groups is 2. The number of furan rings is 1. The van der Waals surface area contributed by atoms with Crippen LogP contribution in [0.15, 0.2) is 53.1 Å². The predicted molar refractivity (Wildman–Crippen MR) is 115 cm³/mol. The van der Waals surface area contributed by atoms with E-state index in [4.69, 9.17) is 18.6 Å². The van der Waals surface area contributed by atoms with Gasteiger partial charge in [0.1, 0.15) is 11.5 Å². The highest BCUT2D eigenvalue weighted by Crippen LogP contribution is 2.38. The predicted octanol–water partition coefficient (Wildman–Crippen LogP) is 4.47. The van der Waals surface area contributed by atoms with E-state index in [1.54, 1.807) is 19.3 Å². The van der Waals surface area contributed by atoms with E-state index in [2.05, 4.69) is 0 Å². The number of carbonyl (C=O) groups excluding carboxylic acids is 2. The third-order valence-corrected chi connectivity index (χ3v) is 5.23. The number of hydrogen-bond donors (Lipinski definition) is 0. The summed E-state index contributed by atoms with van der Waals surface area (Å²) >= 11 is 0. The van der Waals surface area contributed by atoms with Crippen molar-refractivity contribution in [3.05, 3.63) is 65.7 Å². The number of fused-ring (bicyclic) bond motifs is 3. The zero-order valence-corrected chi connectivity index (χ0v) is 17.6. The van der Waals surface area contributed by atoms with Crippen molar-refractivity contribution in [3.63, 3.8) is 0 Å².